The van der Waals surface area contributed by atoms with Crippen LogP contribution in [0.15, 0.2) is 0 Å². The van der Waals surface area contributed by atoms with Crippen LogP contribution < -0.4 is 5.32 Å². The van der Waals surface area contributed by atoms with Gasteiger partial charge in [-0.1, -0.05) is 19.3 Å². The van der Waals surface area contributed by atoms with E-state index in [1.165, 1.54) is 19.3 Å². The molecule has 0 aliphatic heterocycles. The highest BCUT2D eigenvalue weighted by Crippen LogP contribution is 2.36. The van der Waals surface area contributed by atoms with E-state index in [0.717, 1.165) is 12.8 Å². The maximum absolute atomic E-state index is 14.0. The molecule has 0 spiro atoms. The van der Waals surface area contributed by atoms with Crippen LogP contribution in [-0.4, -0.2) is 23.1 Å². The quantitative estimate of drug-likeness (QED) is 0.861. The van der Waals surface area contributed by atoms with Gasteiger partial charge in [0.1, 0.15) is 6.10 Å². The van der Waals surface area contributed by atoms with Crippen molar-refractivity contribution in [2.75, 3.05) is 18.5 Å². The molecule has 0 aromatic carbocycles. The zero-order chi connectivity index (χ0) is 15.2. The Morgan fingerprint density at radius 3 is 2.57 bits per heavy atom. The minimum Gasteiger partial charge on any atom is -0.370 e. The first-order valence-corrected chi connectivity index (χ1v) is 8.06. The number of hydrogen-bond acceptors (Lipinski definition) is 4. The molecule has 1 unspecified atom stereocenters. The van der Waals surface area contributed by atoms with Crippen molar-refractivity contribution in [2.45, 2.75) is 59.0 Å². The summed E-state index contributed by atoms with van der Waals surface area (Å²) in [5.74, 6) is 0.997. The number of ether oxygens (including phenoxy) is 1. The lowest BCUT2D eigenvalue weighted by Crippen LogP contribution is -2.22. The summed E-state index contributed by atoms with van der Waals surface area (Å²) in [6.07, 6.45) is 5.92. The lowest BCUT2D eigenvalue weighted by atomic mass is 9.85. The minimum absolute atomic E-state index is 0.119. The number of nitrogens with zero attached hydrogens (tertiary/aromatic N) is 2. The molecule has 1 saturated carbocycles. The maximum Gasteiger partial charge on any atom is 0.186 e. The Morgan fingerprint density at radius 1 is 1.24 bits per heavy atom. The Bertz CT molecular complexity index is 461. The first-order chi connectivity index (χ1) is 10.2. The number of halogens is 1. The average molecular weight is 295 g/mol. The largest absolute Gasteiger partial charge is 0.370 e. The molecule has 1 aliphatic rings. The van der Waals surface area contributed by atoms with Gasteiger partial charge in [-0.15, -0.1) is 0 Å². The van der Waals surface area contributed by atoms with Crippen LogP contribution in [0.1, 0.15) is 63.6 Å². The number of anilines is 1. The third kappa shape index (κ3) is 3.90. The molecule has 1 aromatic heterocycles. The van der Waals surface area contributed by atoms with Crippen molar-refractivity contribution in [3.63, 3.8) is 0 Å². The van der Waals surface area contributed by atoms with Gasteiger partial charge in [-0.3, -0.25) is 0 Å². The van der Waals surface area contributed by atoms with E-state index in [9.17, 15) is 4.39 Å². The van der Waals surface area contributed by atoms with E-state index in [1.807, 2.05) is 13.8 Å². The summed E-state index contributed by atoms with van der Waals surface area (Å²) < 4.78 is 20.0. The van der Waals surface area contributed by atoms with Crippen molar-refractivity contribution in [1.29, 1.82) is 0 Å². The highest BCUT2D eigenvalue weighted by atomic mass is 19.1. The van der Waals surface area contributed by atoms with Gasteiger partial charge in [0.25, 0.3) is 0 Å². The van der Waals surface area contributed by atoms with Gasteiger partial charge in [0, 0.05) is 13.2 Å². The predicted molar refractivity (Wildman–Crippen MR) is 81.8 cm³/mol. The summed E-state index contributed by atoms with van der Waals surface area (Å²) in [5.41, 5.74) is 0.386. The summed E-state index contributed by atoms with van der Waals surface area (Å²) in [7, 11) is 0. The SMILES string of the molecule is CCNc1nc(C(OCC)C2CCCCC2)nc(C)c1F. The van der Waals surface area contributed by atoms with Crippen molar-refractivity contribution in [2.24, 2.45) is 5.92 Å². The summed E-state index contributed by atoms with van der Waals surface area (Å²) in [6.45, 7) is 6.85. The van der Waals surface area contributed by atoms with Crippen molar-refractivity contribution in [1.82, 2.24) is 9.97 Å². The van der Waals surface area contributed by atoms with E-state index < -0.39 is 0 Å². The monoisotopic (exact) mass is 295 g/mol. The fraction of sp³-hybridized carbons (Fsp3) is 0.750. The Labute approximate surface area is 126 Å². The van der Waals surface area contributed by atoms with Crippen molar-refractivity contribution in [3.8, 4) is 0 Å². The Kier molecular flexibility index (Phi) is 5.91. The first kappa shape index (κ1) is 16.1. The number of aryl methyl sites for hydroxylation is 1. The Balaban J connectivity index is 2.30. The molecule has 4 nitrogen and oxygen atoms in total. The van der Waals surface area contributed by atoms with Gasteiger partial charge in [-0.2, -0.15) is 0 Å². The van der Waals surface area contributed by atoms with Crippen molar-refractivity contribution < 1.29 is 9.13 Å². The summed E-state index contributed by atoms with van der Waals surface area (Å²) >= 11 is 0. The third-order valence-corrected chi connectivity index (χ3v) is 4.06. The van der Waals surface area contributed by atoms with Gasteiger partial charge in [0.05, 0.1) is 5.69 Å². The standard InChI is InChI=1S/C16H26FN3O/c1-4-18-15-13(17)11(3)19-16(20-15)14(21-5-2)12-9-7-6-8-10-12/h12,14H,4-10H2,1-3H3,(H,18,19,20). The van der Waals surface area contributed by atoms with Crippen LogP contribution in [0, 0.1) is 18.7 Å². The van der Waals surface area contributed by atoms with E-state index in [4.69, 9.17) is 4.74 Å². The molecule has 5 heteroatoms. The van der Waals surface area contributed by atoms with Gasteiger partial charge in [0.15, 0.2) is 17.5 Å². The molecule has 1 heterocycles. The normalized spacial score (nSPS) is 17.7. The van der Waals surface area contributed by atoms with Gasteiger partial charge < -0.3 is 10.1 Å². The molecule has 118 valence electrons. The average Bonchev–Trinajstić information content (AvgIpc) is 2.50. The van der Waals surface area contributed by atoms with E-state index >= 15 is 0 Å². The van der Waals surface area contributed by atoms with Crippen LogP contribution in [0.25, 0.3) is 0 Å². The van der Waals surface area contributed by atoms with Crippen molar-refractivity contribution in [3.05, 3.63) is 17.3 Å². The lowest BCUT2D eigenvalue weighted by molar-refractivity contribution is -0.000308. The molecule has 21 heavy (non-hydrogen) atoms. The summed E-state index contributed by atoms with van der Waals surface area (Å²) in [6, 6.07) is 0. The van der Waals surface area contributed by atoms with Crippen molar-refractivity contribution >= 4 is 5.82 Å². The fourth-order valence-electron chi connectivity index (χ4n) is 3.03. The van der Waals surface area contributed by atoms with E-state index in [1.54, 1.807) is 6.92 Å². The Morgan fingerprint density at radius 2 is 1.95 bits per heavy atom. The molecule has 2 rings (SSSR count). The summed E-state index contributed by atoms with van der Waals surface area (Å²) in [4.78, 5) is 8.75. The molecule has 0 bridgehead atoms. The van der Waals surface area contributed by atoms with Crippen LogP contribution in [-0.2, 0) is 4.74 Å². The minimum atomic E-state index is -0.362. The zero-order valence-corrected chi connectivity index (χ0v) is 13.3. The van der Waals surface area contributed by atoms with Crippen LogP contribution in [0.4, 0.5) is 10.2 Å². The third-order valence-electron chi connectivity index (χ3n) is 4.06. The topological polar surface area (TPSA) is 47.0 Å². The molecule has 0 amide bonds. The molecule has 1 aromatic rings. The van der Waals surface area contributed by atoms with E-state index in [-0.39, 0.29) is 11.9 Å². The van der Waals surface area contributed by atoms with Gasteiger partial charge in [0.2, 0.25) is 0 Å². The van der Waals surface area contributed by atoms with Crippen LogP contribution in [0.2, 0.25) is 0 Å². The number of nitrogens with one attached hydrogen (secondary N) is 1. The molecule has 0 radical (unpaired) electrons. The maximum atomic E-state index is 14.0. The Hall–Kier alpha value is -1.23. The van der Waals surface area contributed by atoms with Crippen LogP contribution in [0.3, 0.4) is 0 Å². The van der Waals surface area contributed by atoms with Gasteiger partial charge >= 0.3 is 0 Å². The second-order valence-corrected chi connectivity index (χ2v) is 5.63. The summed E-state index contributed by atoms with van der Waals surface area (Å²) in [5, 5.41) is 2.98. The highest BCUT2D eigenvalue weighted by molar-refractivity contribution is 5.38. The second kappa shape index (κ2) is 7.69. The molecule has 1 atom stereocenters. The molecule has 1 fully saturated rings. The van der Waals surface area contributed by atoms with Crippen LogP contribution >= 0.6 is 0 Å². The lowest BCUT2D eigenvalue weighted by Gasteiger charge is -2.29. The number of hydrogen-bond donors (Lipinski definition) is 1. The first-order valence-electron chi connectivity index (χ1n) is 8.06. The molecular weight excluding hydrogens is 269 g/mol. The van der Waals surface area contributed by atoms with E-state index in [2.05, 4.69) is 15.3 Å². The molecule has 1 N–H and O–H groups in total. The number of aromatic nitrogens is 2. The van der Waals surface area contributed by atoms with Gasteiger partial charge in [-0.25, -0.2) is 14.4 Å². The molecular formula is C16H26FN3O. The predicted octanol–water partition coefficient (Wildman–Crippen LogP) is 4.01. The highest BCUT2D eigenvalue weighted by Gasteiger charge is 2.29. The molecule has 1 aliphatic carbocycles. The van der Waals surface area contributed by atoms with E-state index in [0.29, 0.717) is 36.4 Å². The fourth-order valence-corrected chi connectivity index (χ4v) is 3.03. The van der Waals surface area contributed by atoms with Crippen LogP contribution in [0.5, 0.6) is 0 Å². The smallest absolute Gasteiger partial charge is 0.186 e. The zero-order valence-electron chi connectivity index (χ0n) is 13.3. The number of rotatable bonds is 6. The van der Waals surface area contributed by atoms with Gasteiger partial charge in [-0.05, 0) is 39.5 Å². The molecule has 0 saturated heterocycles. The second-order valence-electron chi connectivity index (χ2n) is 5.63.